The number of benzene rings is 1. The van der Waals surface area contributed by atoms with Crippen LogP contribution in [0, 0.1) is 11.5 Å². The van der Waals surface area contributed by atoms with Crippen LogP contribution < -0.4 is 16.4 Å². The molecule has 5 nitrogen and oxygen atoms in total. The van der Waals surface area contributed by atoms with Gasteiger partial charge >= 0.3 is 6.03 Å². The standard InChI is InChI=1S/C11H14N4OS/c1-2-5-17-8-3-4-9(13)10(6-8)15-11(16)14-7-12/h3-4,6H,2,5,13H2,1H3,(H2,14,15,16). The number of anilines is 2. The van der Waals surface area contributed by atoms with Crippen LogP contribution in [0.5, 0.6) is 0 Å². The first-order valence-corrected chi connectivity index (χ1v) is 6.14. The SMILES string of the molecule is CCCSc1ccc(N)c(NC(=O)NC#N)c1. The van der Waals surface area contributed by atoms with Crippen molar-refractivity contribution >= 4 is 29.2 Å². The lowest BCUT2D eigenvalue weighted by atomic mass is 10.3. The number of rotatable bonds is 4. The van der Waals surface area contributed by atoms with Crippen molar-refractivity contribution in [3.63, 3.8) is 0 Å². The van der Waals surface area contributed by atoms with Crippen LogP contribution in [-0.2, 0) is 0 Å². The maximum atomic E-state index is 11.2. The number of nitrogens with two attached hydrogens (primary N) is 1. The van der Waals surface area contributed by atoms with E-state index in [1.54, 1.807) is 30.1 Å². The highest BCUT2D eigenvalue weighted by molar-refractivity contribution is 7.99. The van der Waals surface area contributed by atoms with Gasteiger partial charge in [-0.25, -0.2) is 10.1 Å². The van der Waals surface area contributed by atoms with Crippen molar-refractivity contribution in [3.8, 4) is 6.19 Å². The number of hydrogen-bond acceptors (Lipinski definition) is 4. The monoisotopic (exact) mass is 250 g/mol. The number of thioether (sulfide) groups is 1. The van der Waals surface area contributed by atoms with E-state index < -0.39 is 6.03 Å². The number of nitrogens with zero attached hydrogens (tertiary/aromatic N) is 1. The van der Waals surface area contributed by atoms with E-state index in [1.807, 2.05) is 11.4 Å². The van der Waals surface area contributed by atoms with Gasteiger partial charge in [-0.05, 0) is 30.4 Å². The molecule has 0 aliphatic rings. The zero-order valence-electron chi connectivity index (χ0n) is 9.49. The van der Waals surface area contributed by atoms with Gasteiger partial charge in [-0.2, -0.15) is 5.26 Å². The van der Waals surface area contributed by atoms with Gasteiger partial charge in [0.1, 0.15) is 0 Å². The summed E-state index contributed by atoms with van der Waals surface area (Å²) in [5.41, 5.74) is 6.71. The molecule has 0 radical (unpaired) electrons. The van der Waals surface area contributed by atoms with Crippen LogP contribution >= 0.6 is 11.8 Å². The van der Waals surface area contributed by atoms with Crippen molar-refractivity contribution in [3.05, 3.63) is 18.2 Å². The molecule has 4 N–H and O–H groups in total. The second-order valence-electron chi connectivity index (χ2n) is 3.29. The number of carbonyl (C=O) groups is 1. The Labute approximate surface area is 104 Å². The Kier molecular flexibility index (Phi) is 5.17. The van der Waals surface area contributed by atoms with Gasteiger partial charge in [0.25, 0.3) is 0 Å². The lowest BCUT2D eigenvalue weighted by Gasteiger charge is -2.09. The van der Waals surface area contributed by atoms with Crippen molar-refractivity contribution < 1.29 is 4.79 Å². The first-order chi connectivity index (χ1) is 8.17. The third kappa shape index (κ3) is 4.25. The molecule has 0 heterocycles. The first-order valence-electron chi connectivity index (χ1n) is 5.15. The molecular weight excluding hydrogens is 236 g/mol. The van der Waals surface area contributed by atoms with E-state index in [1.165, 1.54) is 0 Å². The van der Waals surface area contributed by atoms with Gasteiger partial charge in [-0.3, -0.25) is 0 Å². The number of nitrogens with one attached hydrogen (secondary N) is 2. The molecular formula is C11H14N4OS. The van der Waals surface area contributed by atoms with E-state index in [9.17, 15) is 4.79 Å². The lowest BCUT2D eigenvalue weighted by molar-refractivity contribution is 0.255. The molecule has 0 saturated heterocycles. The van der Waals surface area contributed by atoms with Gasteiger partial charge in [0.05, 0.1) is 11.4 Å². The minimum atomic E-state index is -0.586. The van der Waals surface area contributed by atoms with E-state index in [2.05, 4.69) is 12.2 Å². The molecule has 2 amide bonds. The van der Waals surface area contributed by atoms with Crippen molar-refractivity contribution in [2.24, 2.45) is 0 Å². The molecule has 0 unspecified atom stereocenters. The van der Waals surface area contributed by atoms with Crippen LogP contribution in [0.2, 0.25) is 0 Å². The molecule has 17 heavy (non-hydrogen) atoms. The van der Waals surface area contributed by atoms with Crippen molar-refractivity contribution in [2.75, 3.05) is 16.8 Å². The van der Waals surface area contributed by atoms with Crippen LogP contribution in [0.15, 0.2) is 23.1 Å². The maximum Gasteiger partial charge on any atom is 0.332 e. The quantitative estimate of drug-likeness (QED) is 0.331. The summed E-state index contributed by atoms with van der Waals surface area (Å²) >= 11 is 1.69. The highest BCUT2D eigenvalue weighted by atomic mass is 32.2. The Balaban J connectivity index is 2.76. The van der Waals surface area contributed by atoms with Gasteiger partial charge in [0.15, 0.2) is 6.19 Å². The maximum absolute atomic E-state index is 11.2. The molecule has 0 bridgehead atoms. The summed E-state index contributed by atoms with van der Waals surface area (Å²) in [6, 6.07) is 4.85. The molecule has 1 aromatic carbocycles. The third-order valence-corrected chi connectivity index (χ3v) is 3.11. The number of urea groups is 1. The third-order valence-electron chi connectivity index (χ3n) is 1.92. The van der Waals surface area contributed by atoms with E-state index in [0.717, 1.165) is 17.1 Å². The first kappa shape index (κ1) is 13.2. The normalized spacial score (nSPS) is 9.41. The summed E-state index contributed by atoms with van der Waals surface area (Å²) in [5, 5.41) is 12.8. The van der Waals surface area contributed by atoms with E-state index >= 15 is 0 Å². The second-order valence-corrected chi connectivity index (χ2v) is 4.46. The van der Waals surface area contributed by atoms with E-state index in [0.29, 0.717) is 11.4 Å². The van der Waals surface area contributed by atoms with Gasteiger partial charge in [-0.15, -0.1) is 11.8 Å². The number of carbonyl (C=O) groups excluding carboxylic acids is 1. The number of nitrogen functional groups attached to an aromatic ring is 1. The van der Waals surface area contributed by atoms with Crippen LogP contribution in [0.25, 0.3) is 0 Å². The zero-order valence-corrected chi connectivity index (χ0v) is 10.3. The highest BCUT2D eigenvalue weighted by Crippen LogP contribution is 2.26. The summed E-state index contributed by atoms with van der Waals surface area (Å²) < 4.78 is 0. The minimum absolute atomic E-state index is 0.471. The summed E-state index contributed by atoms with van der Waals surface area (Å²) in [6.45, 7) is 2.10. The summed E-state index contributed by atoms with van der Waals surface area (Å²) in [5.74, 6) is 1.01. The predicted octanol–water partition coefficient (Wildman–Crippen LogP) is 2.37. The molecule has 0 spiro atoms. The fourth-order valence-corrected chi connectivity index (χ4v) is 1.96. The lowest BCUT2D eigenvalue weighted by Crippen LogP contribution is -2.24. The van der Waals surface area contributed by atoms with Gasteiger partial charge in [0, 0.05) is 4.90 Å². The Hall–Kier alpha value is -1.87. The van der Waals surface area contributed by atoms with Gasteiger partial charge in [-0.1, -0.05) is 6.92 Å². The molecule has 90 valence electrons. The van der Waals surface area contributed by atoms with Crippen LogP contribution in [-0.4, -0.2) is 11.8 Å². The van der Waals surface area contributed by atoms with Crippen molar-refractivity contribution in [2.45, 2.75) is 18.2 Å². The molecule has 0 aliphatic heterocycles. The average Bonchev–Trinajstić information content (AvgIpc) is 2.30. The van der Waals surface area contributed by atoms with Crippen molar-refractivity contribution in [1.82, 2.24) is 5.32 Å². The number of hydrogen-bond donors (Lipinski definition) is 3. The van der Waals surface area contributed by atoms with Crippen LogP contribution in [0.4, 0.5) is 16.2 Å². The Bertz CT molecular complexity index is 442. The average molecular weight is 250 g/mol. The minimum Gasteiger partial charge on any atom is -0.397 e. The number of amides is 2. The molecule has 0 aliphatic carbocycles. The largest absolute Gasteiger partial charge is 0.397 e. The Morgan fingerprint density at radius 2 is 2.35 bits per heavy atom. The van der Waals surface area contributed by atoms with Gasteiger partial charge in [0.2, 0.25) is 0 Å². The molecule has 6 heteroatoms. The molecule has 0 saturated carbocycles. The Morgan fingerprint density at radius 1 is 1.59 bits per heavy atom. The summed E-state index contributed by atoms with van der Waals surface area (Å²) in [6.07, 6.45) is 2.62. The Morgan fingerprint density at radius 3 is 3.00 bits per heavy atom. The van der Waals surface area contributed by atoms with E-state index in [-0.39, 0.29) is 0 Å². The molecule has 1 rings (SSSR count). The fraction of sp³-hybridized carbons (Fsp3) is 0.273. The second kappa shape index (κ2) is 6.66. The fourth-order valence-electron chi connectivity index (χ4n) is 1.16. The number of nitriles is 1. The topological polar surface area (TPSA) is 90.9 Å². The van der Waals surface area contributed by atoms with E-state index in [4.69, 9.17) is 11.0 Å². The predicted molar refractivity (Wildman–Crippen MR) is 69.6 cm³/mol. The summed E-state index contributed by atoms with van der Waals surface area (Å²) in [4.78, 5) is 12.2. The molecule has 1 aromatic rings. The smallest absolute Gasteiger partial charge is 0.332 e. The molecule has 0 aromatic heterocycles. The highest BCUT2D eigenvalue weighted by Gasteiger charge is 2.05. The van der Waals surface area contributed by atoms with Crippen LogP contribution in [0.3, 0.4) is 0 Å². The van der Waals surface area contributed by atoms with Gasteiger partial charge < -0.3 is 11.1 Å². The van der Waals surface area contributed by atoms with Crippen molar-refractivity contribution in [1.29, 1.82) is 5.26 Å². The summed E-state index contributed by atoms with van der Waals surface area (Å²) in [7, 11) is 0. The molecule has 0 atom stereocenters. The zero-order chi connectivity index (χ0) is 12.7. The molecule has 0 fully saturated rings. The van der Waals surface area contributed by atoms with Crippen LogP contribution in [0.1, 0.15) is 13.3 Å².